The number of hydrogen-bond acceptors (Lipinski definition) is 3. The van der Waals surface area contributed by atoms with E-state index >= 15 is 0 Å². The molecule has 5 nitrogen and oxygen atoms in total. The molecule has 0 saturated carbocycles. The van der Waals surface area contributed by atoms with Crippen LogP contribution in [0.5, 0.6) is 0 Å². The van der Waals surface area contributed by atoms with Gasteiger partial charge in [-0.15, -0.1) is 0 Å². The third-order valence-electron chi connectivity index (χ3n) is 2.29. The number of nitrogens with two attached hydrogens (primary N) is 1. The summed E-state index contributed by atoms with van der Waals surface area (Å²) in [5, 5.41) is 6.81. The Labute approximate surface area is 89.6 Å². The molecular formula is C10H18N4O. The second-order valence-corrected chi connectivity index (χ2v) is 3.79. The Bertz CT molecular complexity index is 332. The van der Waals surface area contributed by atoms with Crippen LogP contribution in [0.1, 0.15) is 20.8 Å². The number of carbonyl (C=O) groups excluding carboxylic acids is 1. The van der Waals surface area contributed by atoms with E-state index in [0.29, 0.717) is 5.82 Å². The molecule has 1 unspecified atom stereocenters. The van der Waals surface area contributed by atoms with Crippen LogP contribution in [0.2, 0.25) is 0 Å². The van der Waals surface area contributed by atoms with Crippen molar-refractivity contribution >= 4 is 11.7 Å². The van der Waals surface area contributed by atoms with Crippen LogP contribution in [0.4, 0.5) is 5.82 Å². The zero-order valence-corrected chi connectivity index (χ0v) is 9.40. The van der Waals surface area contributed by atoms with Crippen molar-refractivity contribution in [1.82, 2.24) is 9.78 Å². The minimum atomic E-state index is -0.481. The van der Waals surface area contributed by atoms with E-state index in [2.05, 4.69) is 10.4 Å². The fraction of sp³-hybridized carbons (Fsp3) is 0.600. The van der Waals surface area contributed by atoms with Crippen molar-refractivity contribution in [2.45, 2.75) is 33.4 Å². The van der Waals surface area contributed by atoms with E-state index in [4.69, 9.17) is 5.73 Å². The van der Waals surface area contributed by atoms with Crippen LogP contribution >= 0.6 is 0 Å². The Morgan fingerprint density at radius 2 is 2.33 bits per heavy atom. The highest BCUT2D eigenvalue weighted by molar-refractivity contribution is 5.94. The molecule has 0 aliphatic carbocycles. The topological polar surface area (TPSA) is 72.9 Å². The van der Waals surface area contributed by atoms with Crippen LogP contribution in [0.25, 0.3) is 0 Å². The van der Waals surface area contributed by atoms with Gasteiger partial charge in [-0.25, -0.2) is 4.68 Å². The zero-order valence-electron chi connectivity index (χ0n) is 9.40. The number of hydrogen-bond donors (Lipinski definition) is 2. The fourth-order valence-corrected chi connectivity index (χ4v) is 1.20. The number of aryl methyl sites for hydroxylation is 1. The molecule has 0 fully saturated rings. The molecule has 0 aromatic carbocycles. The summed E-state index contributed by atoms with van der Waals surface area (Å²) in [5.41, 5.74) is 5.73. The van der Waals surface area contributed by atoms with E-state index in [0.717, 1.165) is 6.54 Å². The van der Waals surface area contributed by atoms with E-state index in [1.54, 1.807) is 16.9 Å². The maximum atomic E-state index is 11.6. The van der Waals surface area contributed by atoms with Crippen molar-refractivity contribution < 1.29 is 4.79 Å². The smallest absolute Gasteiger partial charge is 0.242 e. The summed E-state index contributed by atoms with van der Waals surface area (Å²) >= 11 is 0. The molecule has 0 saturated heterocycles. The van der Waals surface area contributed by atoms with Crippen LogP contribution in [0.15, 0.2) is 12.3 Å². The minimum absolute atomic E-state index is 0.128. The molecule has 0 spiro atoms. The molecule has 0 bridgehead atoms. The molecule has 1 aromatic heterocycles. The SMILES string of the molecule is CCn1nccc1NC(=O)C(N)C(C)C. The Balaban J connectivity index is 2.66. The summed E-state index contributed by atoms with van der Waals surface area (Å²) in [4.78, 5) is 11.6. The summed E-state index contributed by atoms with van der Waals surface area (Å²) in [6.07, 6.45) is 1.65. The zero-order chi connectivity index (χ0) is 11.4. The van der Waals surface area contributed by atoms with Gasteiger partial charge in [0.15, 0.2) is 0 Å². The molecule has 0 radical (unpaired) electrons. The monoisotopic (exact) mass is 210 g/mol. The first-order valence-electron chi connectivity index (χ1n) is 5.14. The quantitative estimate of drug-likeness (QED) is 0.773. The standard InChI is InChI=1S/C10H18N4O/c1-4-14-8(5-6-12-14)13-10(15)9(11)7(2)3/h5-7,9H,4,11H2,1-3H3,(H,13,15). The van der Waals surface area contributed by atoms with Crippen LogP contribution in [0.3, 0.4) is 0 Å². The second-order valence-electron chi connectivity index (χ2n) is 3.79. The van der Waals surface area contributed by atoms with Gasteiger partial charge in [0, 0.05) is 12.6 Å². The first kappa shape index (κ1) is 11.7. The van der Waals surface area contributed by atoms with Gasteiger partial charge in [-0.2, -0.15) is 5.10 Å². The molecular weight excluding hydrogens is 192 g/mol. The lowest BCUT2D eigenvalue weighted by atomic mass is 10.1. The molecule has 1 atom stereocenters. The van der Waals surface area contributed by atoms with Gasteiger partial charge in [0.25, 0.3) is 0 Å². The number of carbonyl (C=O) groups is 1. The van der Waals surface area contributed by atoms with Gasteiger partial charge < -0.3 is 11.1 Å². The van der Waals surface area contributed by atoms with Gasteiger partial charge in [0.2, 0.25) is 5.91 Å². The lowest BCUT2D eigenvalue weighted by molar-refractivity contribution is -0.118. The van der Waals surface area contributed by atoms with Crippen molar-refractivity contribution in [2.24, 2.45) is 11.7 Å². The molecule has 0 aliphatic heterocycles. The van der Waals surface area contributed by atoms with Crippen LogP contribution in [-0.4, -0.2) is 21.7 Å². The summed E-state index contributed by atoms with van der Waals surface area (Å²) in [6, 6.07) is 1.28. The van der Waals surface area contributed by atoms with Crippen LogP contribution in [0, 0.1) is 5.92 Å². The van der Waals surface area contributed by atoms with Crippen LogP contribution < -0.4 is 11.1 Å². The number of nitrogens with zero attached hydrogens (tertiary/aromatic N) is 2. The lowest BCUT2D eigenvalue weighted by Gasteiger charge is -2.15. The van der Waals surface area contributed by atoms with Gasteiger partial charge in [0.05, 0.1) is 12.2 Å². The minimum Gasteiger partial charge on any atom is -0.320 e. The molecule has 0 aliphatic rings. The van der Waals surface area contributed by atoms with E-state index in [1.165, 1.54) is 0 Å². The number of anilines is 1. The Hall–Kier alpha value is -1.36. The summed E-state index contributed by atoms with van der Waals surface area (Å²) < 4.78 is 1.71. The molecule has 1 rings (SSSR count). The fourth-order valence-electron chi connectivity index (χ4n) is 1.20. The van der Waals surface area contributed by atoms with E-state index in [-0.39, 0.29) is 11.8 Å². The largest absolute Gasteiger partial charge is 0.320 e. The Kier molecular flexibility index (Phi) is 3.85. The van der Waals surface area contributed by atoms with Crippen molar-refractivity contribution in [3.8, 4) is 0 Å². The van der Waals surface area contributed by atoms with E-state index in [9.17, 15) is 4.79 Å². The molecule has 1 heterocycles. The van der Waals surface area contributed by atoms with Gasteiger partial charge in [0.1, 0.15) is 5.82 Å². The summed E-state index contributed by atoms with van der Waals surface area (Å²) in [5.74, 6) is 0.654. The maximum absolute atomic E-state index is 11.6. The van der Waals surface area contributed by atoms with Crippen molar-refractivity contribution in [3.63, 3.8) is 0 Å². The van der Waals surface area contributed by atoms with Crippen molar-refractivity contribution in [3.05, 3.63) is 12.3 Å². The first-order chi connectivity index (χ1) is 7.06. The van der Waals surface area contributed by atoms with Crippen molar-refractivity contribution in [1.29, 1.82) is 0 Å². The van der Waals surface area contributed by atoms with Gasteiger partial charge in [-0.05, 0) is 12.8 Å². The second kappa shape index (κ2) is 4.93. The van der Waals surface area contributed by atoms with Gasteiger partial charge in [-0.3, -0.25) is 4.79 Å². The van der Waals surface area contributed by atoms with Gasteiger partial charge >= 0.3 is 0 Å². The molecule has 5 heteroatoms. The third kappa shape index (κ3) is 2.79. The average molecular weight is 210 g/mol. The van der Waals surface area contributed by atoms with Gasteiger partial charge in [-0.1, -0.05) is 13.8 Å². The number of rotatable bonds is 4. The molecule has 1 amide bonds. The van der Waals surface area contributed by atoms with E-state index in [1.807, 2.05) is 20.8 Å². The number of nitrogens with one attached hydrogen (secondary N) is 1. The lowest BCUT2D eigenvalue weighted by Crippen LogP contribution is -2.40. The predicted molar refractivity (Wildman–Crippen MR) is 59.3 cm³/mol. The summed E-state index contributed by atoms with van der Waals surface area (Å²) in [7, 11) is 0. The normalized spacial score (nSPS) is 12.9. The molecule has 84 valence electrons. The highest BCUT2D eigenvalue weighted by Gasteiger charge is 2.18. The first-order valence-corrected chi connectivity index (χ1v) is 5.14. The molecule has 3 N–H and O–H groups in total. The highest BCUT2D eigenvalue weighted by Crippen LogP contribution is 2.08. The Morgan fingerprint density at radius 3 is 2.87 bits per heavy atom. The molecule has 1 aromatic rings. The predicted octanol–water partition coefficient (Wildman–Crippen LogP) is 0.825. The Morgan fingerprint density at radius 1 is 1.67 bits per heavy atom. The van der Waals surface area contributed by atoms with E-state index < -0.39 is 6.04 Å². The molecule has 15 heavy (non-hydrogen) atoms. The number of aromatic nitrogens is 2. The number of amides is 1. The highest BCUT2D eigenvalue weighted by atomic mass is 16.2. The van der Waals surface area contributed by atoms with Crippen molar-refractivity contribution in [2.75, 3.05) is 5.32 Å². The third-order valence-corrected chi connectivity index (χ3v) is 2.29. The summed E-state index contributed by atoms with van der Waals surface area (Å²) in [6.45, 7) is 6.52. The van der Waals surface area contributed by atoms with Crippen LogP contribution in [-0.2, 0) is 11.3 Å². The average Bonchev–Trinajstić information content (AvgIpc) is 2.63. The maximum Gasteiger partial charge on any atom is 0.242 e.